The van der Waals surface area contributed by atoms with Gasteiger partial charge in [0.1, 0.15) is 0 Å². The molecule has 0 aromatic carbocycles. The van der Waals surface area contributed by atoms with Crippen molar-refractivity contribution in [2.24, 2.45) is 11.3 Å². The average Bonchev–Trinajstić information content (AvgIpc) is 2.33. The molecule has 1 aliphatic heterocycles. The molecule has 1 rings (SSSR count). The fourth-order valence-corrected chi connectivity index (χ4v) is 2.28. The van der Waals surface area contributed by atoms with Crippen molar-refractivity contribution in [3.05, 3.63) is 11.6 Å². The topological polar surface area (TPSA) is 15.3 Å². The van der Waals surface area contributed by atoms with Gasteiger partial charge in [-0.15, -0.1) is 0 Å². The van der Waals surface area contributed by atoms with Crippen LogP contribution in [-0.2, 0) is 0 Å². The summed E-state index contributed by atoms with van der Waals surface area (Å²) < 4.78 is 0. The number of nitrogens with one attached hydrogen (secondary N) is 1. The lowest BCUT2D eigenvalue weighted by molar-refractivity contribution is 0.194. The number of allylic oxidation sites excluding steroid dienone is 1. The van der Waals surface area contributed by atoms with Gasteiger partial charge >= 0.3 is 0 Å². The number of piperidine rings is 1. The highest BCUT2D eigenvalue weighted by Gasteiger charge is 2.22. The molecule has 0 radical (unpaired) electrons. The van der Waals surface area contributed by atoms with E-state index in [1.165, 1.54) is 31.5 Å². The van der Waals surface area contributed by atoms with Crippen molar-refractivity contribution in [3.8, 4) is 0 Å². The standard InChI is InChI=1S/C17H34N2/c1-14(2)7-10-19-11-8-16(9-12-19)18-13-15(3)17(4,5)6/h7,15-16,18H,8-13H2,1-6H3. The first kappa shape index (κ1) is 16.7. The lowest BCUT2D eigenvalue weighted by Crippen LogP contribution is -2.44. The molecule has 2 heteroatoms. The predicted octanol–water partition coefficient (Wildman–Crippen LogP) is 3.69. The van der Waals surface area contributed by atoms with E-state index in [4.69, 9.17) is 0 Å². The van der Waals surface area contributed by atoms with Gasteiger partial charge in [-0.25, -0.2) is 0 Å². The van der Waals surface area contributed by atoms with Gasteiger partial charge in [-0.2, -0.15) is 0 Å². The number of rotatable bonds is 5. The Labute approximate surface area is 120 Å². The molecule has 0 spiro atoms. The zero-order valence-corrected chi connectivity index (χ0v) is 13.9. The van der Waals surface area contributed by atoms with Crippen LogP contribution < -0.4 is 5.32 Å². The van der Waals surface area contributed by atoms with E-state index in [1.54, 1.807) is 0 Å². The predicted molar refractivity (Wildman–Crippen MR) is 85.5 cm³/mol. The third-order valence-corrected chi connectivity index (χ3v) is 4.54. The highest BCUT2D eigenvalue weighted by atomic mass is 15.1. The first-order chi connectivity index (χ1) is 8.79. The maximum Gasteiger partial charge on any atom is 0.0165 e. The molecule has 0 saturated carbocycles. The van der Waals surface area contributed by atoms with Crippen LogP contribution in [0, 0.1) is 11.3 Å². The van der Waals surface area contributed by atoms with E-state index in [0.717, 1.165) is 25.0 Å². The van der Waals surface area contributed by atoms with Gasteiger partial charge in [0.2, 0.25) is 0 Å². The summed E-state index contributed by atoms with van der Waals surface area (Å²) in [6.45, 7) is 18.5. The van der Waals surface area contributed by atoms with Crippen molar-refractivity contribution < 1.29 is 0 Å². The normalized spacial score (nSPS) is 20.3. The van der Waals surface area contributed by atoms with Crippen molar-refractivity contribution >= 4 is 0 Å². The highest BCUT2D eigenvalue weighted by Crippen LogP contribution is 2.24. The Kier molecular flexibility index (Phi) is 6.55. The summed E-state index contributed by atoms with van der Waals surface area (Å²) in [6.07, 6.45) is 4.94. The van der Waals surface area contributed by atoms with Crippen molar-refractivity contribution in [1.29, 1.82) is 0 Å². The molecule has 0 bridgehead atoms. The second-order valence-electron chi connectivity index (χ2n) is 7.53. The number of hydrogen-bond acceptors (Lipinski definition) is 2. The molecule has 1 fully saturated rings. The SMILES string of the molecule is CC(C)=CCN1CCC(NCC(C)C(C)(C)C)CC1. The minimum Gasteiger partial charge on any atom is -0.314 e. The van der Waals surface area contributed by atoms with Crippen molar-refractivity contribution in [2.75, 3.05) is 26.2 Å². The van der Waals surface area contributed by atoms with Crippen LogP contribution >= 0.6 is 0 Å². The molecule has 19 heavy (non-hydrogen) atoms. The lowest BCUT2D eigenvalue weighted by atomic mass is 9.82. The number of hydrogen-bond donors (Lipinski definition) is 1. The molecule has 0 amide bonds. The lowest BCUT2D eigenvalue weighted by Gasteiger charge is -2.34. The van der Waals surface area contributed by atoms with Gasteiger partial charge in [0.05, 0.1) is 0 Å². The van der Waals surface area contributed by atoms with Crippen LogP contribution in [0.4, 0.5) is 0 Å². The van der Waals surface area contributed by atoms with Crippen molar-refractivity contribution in [3.63, 3.8) is 0 Å². The molecule has 0 aromatic rings. The van der Waals surface area contributed by atoms with Crippen LogP contribution in [0.2, 0.25) is 0 Å². The molecule has 1 heterocycles. The van der Waals surface area contributed by atoms with E-state index < -0.39 is 0 Å². The van der Waals surface area contributed by atoms with Gasteiger partial charge in [0.15, 0.2) is 0 Å². The zero-order valence-electron chi connectivity index (χ0n) is 13.9. The second kappa shape index (κ2) is 7.44. The minimum absolute atomic E-state index is 0.414. The van der Waals surface area contributed by atoms with Gasteiger partial charge in [-0.3, -0.25) is 4.90 Å². The van der Waals surface area contributed by atoms with Crippen LogP contribution in [0.25, 0.3) is 0 Å². The molecular weight excluding hydrogens is 232 g/mol. The third kappa shape index (κ3) is 6.58. The summed E-state index contributed by atoms with van der Waals surface area (Å²) in [6, 6.07) is 0.729. The monoisotopic (exact) mass is 266 g/mol. The fraction of sp³-hybridized carbons (Fsp3) is 0.882. The summed E-state index contributed by atoms with van der Waals surface area (Å²) in [4.78, 5) is 2.57. The van der Waals surface area contributed by atoms with E-state index in [1.807, 2.05) is 0 Å². The first-order valence-electron chi connectivity index (χ1n) is 7.88. The minimum atomic E-state index is 0.414. The summed E-state index contributed by atoms with van der Waals surface area (Å²) in [5.41, 5.74) is 1.84. The van der Waals surface area contributed by atoms with E-state index in [9.17, 15) is 0 Å². The van der Waals surface area contributed by atoms with Crippen LogP contribution in [-0.4, -0.2) is 37.1 Å². The smallest absolute Gasteiger partial charge is 0.0165 e. The first-order valence-corrected chi connectivity index (χ1v) is 7.88. The summed E-state index contributed by atoms with van der Waals surface area (Å²) in [7, 11) is 0. The Hall–Kier alpha value is -0.340. The molecule has 1 aliphatic rings. The largest absolute Gasteiger partial charge is 0.314 e. The molecule has 0 aromatic heterocycles. The van der Waals surface area contributed by atoms with Crippen LogP contribution in [0.1, 0.15) is 54.4 Å². The summed E-state index contributed by atoms with van der Waals surface area (Å²) in [5.74, 6) is 0.733. The summed E-state index contributed by atoms with van der Waals surface area (Å²) >= 11 is 0. The number of likely N-dealkylation sites (tertiary alicyclic amines) is 1. The van der Waals surface area contributed by atoms with E-state index in [2.05, 4.69) is 57.8 Å². The Bertz CT molecular complexity index is 276. The van der Waals surface area contributed by atoms with Gasteiger partial charge in [-0.05, 0) is 57.7 Å². The molecule has 1 saturated heterocycles. The zero-order chi connectivity index (χ0) is 14.5. The Balaban J connectivity index is 2.22. The van der Waals surface area contributed by atoms with Gasteiger partial charge < -0.3 is 5.32 Å². The molecule has 2 nitrogen and oxygen atoms in total. The Morgan fingerprint density at radius 3 is 2.32 bits per heavy atom. The van der Waals surface area contributed by atoms with Crippen molar-refractivity contribution in [2.45, 2.75) is 60.4 Å². The molecule has 1 N–H and O–H groups in total. The summed E-state index contributed by atoms with van der Waals surface area (Å²) in [5, 5.41) is 3.77. The van der Waals surface area contributed by atoms with Gasteiger partial charge in [-0.1, -0.05) is 39.3 Å². The van der Waals surface area contributed by atoms with Crippen LogP contribution in [0.3, 0.4) is 0 Å². The Morgan fingerprint density at radius 1 is 1.26 bits per heavy atom. The molecular formula is C17H34N2. The van der Waals surface area contributed by atoms with Gasteiger partial charge in [0, 0.05) is 12.6 Å². The molecule has 1 unspecified atom stereocenters. The number of nitrogens with zero attached hydrogens (tertiary/aromatic N) is 1. The maximum atomic E-state index is 3.77. The third-order valence-electron chi connectivity index (χ3n) is 4.54. The molecule has 0 aliphatic carbocycles. The Morgan fingerprint density at radius 2 is 1.84 bits per heavy atom. The molecule has 112 valence electrons. The fourth-order valence-electron chi connectivity index (χ4n) is 2.28. The average molecular weight is 266 g/mol. The highest BCUT2D eigenvalue weighted by molar-refractivity contribution is 4.95. The van der Waals surface area contributed by atoms with E-state index in [0.29, 0.717) is 5.41 Å². The van der Waals surface area contributed by atoms with E-state index in [-0.39, 0.29) is 0 Å². The molecule has 1 atom stereocenters. The maximum absolute atomic E-state index is 3.77. The second-order valence-corrected chi connectivity index (χ2v) is 7.53. The van der Waals surface area contributed by atoms with E-state index >= 15 is 0 Å². The van der Waals surface area contributed by atoms with Gasteiger partial charge in [0.25, 0.3) is 0 Å². The van der Waals surface area contributed by atoms with Crippen molar-refractivity contribution in [1.82, 2.24) is 10.2 Å². The van der Waals surface area contributed by atoms with Crippen LogP contribution in [0.15, 0.2) is 11.6 Å². The quantitative estimate of drug-likeness (QED) is 0.764. The van der Waals surface area contributed by atoms with Crippen LogP contribution in [0.5, 0.6) is 0 Å².